The van der Waals surface area contributed by atoms with Gasteiger partial charge in [0.1, 0.15) is 6.10 Å². The van der Waals surface area contributed by atoms with Crippen LogP contribution < -0.4 is 0 Å². The van der Waals surface area contributed by atoms with E-state index in [1.165, 1.54) is 0 Å². The molecule has 3 heteroatoms. The Morgan fingerprint density at radius 2 is 2.00 bits per heavy atom. The highest BCUT2D eigenvalue weighted by molar-refractivity contribution is 4.75. The van der Waals surface area contributed by atoms with Crippen molar-refractivity contribution in [2.24, 2.45) is 5.92 Å². The van der Waals surface area contributed by atoms with Gasteiger partial charge in [0.25, 0.3) is 0 Å². The fraction of sp³-hybridized carbons (Fsp3) is 1.00. The van der Waals surface area contributed by atoms with Gasteiger partial charge in [0.15, 0.2) is 6.29 Å². The first-order valence-corrected chi connectivity index (χ1v) is 3.96. The summed E-state index contributed by atoms with van der Waals surface area (Å²) in [6, 6.07) is 0. The number of hydrogen-bond donors (Lipinski definition) is 0. The van der Waals surface area contributed by atoms with Crippen LogP contribution in [0.15, 0.2) is 0 Å². The maximum atomic E-state index is 5.46. The van der Waals surface area contributed by atoms with Crippen molar-refractivity contribution in [3.8, 4) is 0 Å². The minimum Gasteiger partial charge on any atom is -0.373 e. The molecule has 1 fully saturated rings. The Kier molecular flexibility index (Phi) is 3.30. The van der Waals surface area contributed by atoms with Gasteiger partial charge in [-0.1, -0.05) is 6.92 Å². The van der Waals surface area contributed by atoms with Gasteiger partial charge in [0.05, 0.1) is 0 Å². The molecule has 0 spiro atoms. The topological polar surface area (TPSA) is 27.7 Å². The molecular weight excluding hydrogens is 144 g/mol. The van der Waals surface area contributed by atoms with Gasteiger partial charge in [0.2, 0.25) is 0 Å². The lowest BCUT2D eigenvalue weighted by molar-refractivity contribution is -0.175. The molecule has 0 aliphatic carbocycles. The monoisotopic (exact) mass is 160 g/mol. The van der Waals surface area contributed by atoms with Crippen molar-refractivity contribution in [3.05, 3.63) is 0 Å². The van der Waals surface area contributed by atoms with Crippen LogP contribution in [-0.4, -0.2) is 33.2 Å². The van der Waals surface area contributed by atoms with Crippen LogP contribution in [0.1, 0.15) is 13.3 Å². The third kappa shape index (κ3) is 1.92. The van der Waals surface area contributed by atoms with E-state index in [0.717, 1.165) is 13.0 Å². The van der Waals surface area contributed by atoms with Crippen LogP contribution in [-0.2, 0) is 14.2 Å². The molecule has 0 saturated carbocycles. The molecule has 2 atom stereocenters. The second-order valence-electron chi connectivity index (χ2n) is 2.94. The SMILES string of the molecule is COC(OC)[C@@H]1OCC[C@H]1C. The van der Waals surface area contributed by atoms with E-state index < -0.39 is 0 Å². The molecule has 1 aliphatic rings. The van der Waals surface area contributed by atoms with Crippen molar-refractivity contribution in [3.63, 3.8) is 0 Å². The number of hydrogen-bond acceptors (Lipinski definition) is 3. The lowest BCUT2D eigenvalue weighted by Crippen LogP contribution is -2.33. The van der Waals surface area contributed by atoms with Gasteiger partial charge in [-0.2, -0.15) is 0 Å². The molecule has 1 heterocycles. The Balaban J connectivity index is 2.43. The van der Waals surface area contributed by atoms with E-state index in [0.29, 0.717) is 5.92 Å². The maximum absolute atomic E-state index is 5.46. The van der Waals surface area contributed by atoms with Crippen LogP contribution in [0.5, 0.6) is 0 Å². The van der Waals surface area contributed by atoms with Crippen molar-refractivity contribution in [1.82, 2.24) is 0 Å². The molecule has 0 unspecified atom stereocenters. The summed E-state index contributed by atoms with van der Waals surface area (Å²) in [6.07, 6.45) is 1.02. The van der Waals surface area contributed by atoms with Crippen LogP contribution in [0.4, 0.5) is 0 Å². The second kappa shape index (κ2) is 4.04. The van der Waals surface area contributed by atoms with Crippen molar-refractivity contribution < 1.29 is 14.2 Å². The van der Waals surface area contributed by atoms with E-state index in [2.05, 4.69) is 6.92 Å². The Morgan fingerprint density at radius 3 is 2.36 bits per heavy atom. The predicted molar refractivity (Wildman–Crippen MR) is 41.3 cm³/mol. The molecule has 0 aromatic carbocycles. The summed E-state index contributed by atoms with van der Waals surface area (Å²) < 4.78 is 15.7. The van der Waals surface area contributed by atoms with Gasteiger partial charge in [-0.25, -0.2) is 0 Å². The summed E-state index contributed by atoms with van der Waals surface area (Å²) in [5.74, 6) is 0.542. The normalized spacial score (nSPS) is 31.6. The molecule has 66 valence electrons. The first-order valence-electron chi connectivity index (χ1n) is 3.96. The quantitative estimate of drug-likeness (QED) is 0.577. The molecule has 0 aromatic heterocycles. The summed E-state index contributed by atoms with van der Waals surface area (Å²) in [7, 11) is 3.28. The van der Waals surface area contributed by atoms with E-state index in [4.69, 9.17) is 14.2 Å². The molecule has 3 nitrogen and oxygen atoms in total. The van der Waals surface area contributed by atoms with Gasteiger partial charge < -0.3 is 14.2 Å². The number of methoxy groups -OCH3 is 2. The Labute approximate surface area is 67.6 Å². The minimum absolute atomic E-state index is 0.116. The molecule has 1 saturated heterocycles. The first kappa shape index (κ1) is 8.97. The van der Waals surface area contributed by atoms with Crippen molar-refractivity contribution in [2.75, 3.05) is 20.8 Å². The third-order valence-corrected chi connectivity index (χ3v) is 2.18. The zero-order valence-electron chi connectivity index (χ0n) is 7.37. The molecule has 0 bridgehead atoms. The fourth-order valence-electron chi connectivity index (χ4n) is 1.43. The Bertz CT molecular complexity index is 112. The largest absolute Gasteiger partial charge is 0.373 e. The molecule has 0 N–H and O–H groups in total. The van der Waals surface area contributed by atoms with E-state index in [-0.39, 0.29) is 12.4 Å². The summed E-state index contributed by atoms with van der Waals surface area (Å²) in [4.78, 5) is 0. The highest BCUT2D eigenvalue weighted by Gasteiger charge is 2.32. The van der Waals surface area contributed by atoms with Crippen LogP contribution in [0.2, 0.25) is 0 Å². The zero-order chi connectivity index (χ0) is 8.27. The highest BCUT2D eigenvalue weighted by Crippen LogP contribution is 2.24. The Hall–Kier alpha value is -0.120. The smallest absolute Gasteiger partial charge is 0.183 e. The molecule has 11 heavy (non-hydrogen) atoms. The maximum Gasteiger partial charge on any atom is 0.183 e. The lowest BCUT2D eigenvalue weighted by atomic mass is 10.0. The van der Waals surface area contributed by atoms with E-state index in [1.54, 1.807) is 14.2 Å². The van der Waals surface area contributed by atoms with E-state index >= 15 is 0 Å². The Morgan fingerprint density at radius 1 is 1.36 bits per heavy atom. The van der Waals surface area contributed by atoms with Crippen LogP contribution in [0.3, 0.4) is 0 Å². The third-order valence-electron chi connectivity index (χ3n) is 2.18. The molecule has 0 radical (unpaired) electrons. The summed E-state index contributed by atoms with van der Waals surface area (Å²) >= 11 is 0. The minimum atomic E-state index is -0.201. The average Bonchev–Trinajstić information content (AvgIpc) is 2.40. The molecule has 0 amide bonds. The molecule has 1 aliphatic heterocycles. The summed E-state index contributed by atoms with van der Waals surface area (Å²) in [5, 5.41) is 0. The summed E-state index contributed by atoms with van der Waals surface area (Å²) in [6.45, 7) is 2.98. The van der Waals surface area contributed by atoms with Crippen LogP contribution >= 0.6 is 0 Å². The van der Waals surface area contributed by atoms with Gasteiger partial charge in [0, 0.05) is 20.8 Å². The number of rotatable bonds is 3. The van der Waals surface area contributed by atoms with Gasteiger partial charge >= 0.3 is 0 Å². The van der Waals surface area contributed by atoms with Crippen LogP contribution in [0.25, 0.3) is 0 Å². The fourth-order valence-corrected chi connectivity index (χ4v) is 1.43. The van der Waals surface area contributed by atoms with Crippen LogP contribution in [0, 0.1) is 5.92 Å². The number of ether oxygens (including phenoxy) is 3. The lowest BCUT2D eigenvalue weighted by Gasteiger charge is -2.22. The standard InChI is InChI=1S/C8H16O3/c1-6-4-5-11-7(6)8(9-2)10-3/h6-8H,4-5H2,1-3H3/t6-,7-/m1/s1. The average molecular weight is 160 g/mol. The highest BCUT2D eigenvalue weighted by atomic mass is 16.7. The van der Waals surface area contributed by atoms with Gasteiger partial charge in [-0.3, -0.25) is 0 Å². The van der Waals surface area contributed by atoms with Crippen molar-refractivity contribution >= 4 is 0 Å². The first-order chi connectivity index (χ1) is 5.29. The second-order valence-corrected chi connectivity index (χ2v) is 2.94. The van der Waals surface area contributed by atoms with E-state index in [9.17, 15) is 0 Å². The summed E-state index contributed by atoms with van der Waals surface area (Å²) in [5.41, 5.74) is 0. The van der Waals surface area contributed by atoms with Gasteiger partial charge in [-0.05, 0) is 12.3 Å². The van der Waals surface area contributed by atoms with Gasteiger partial charge in [-0.15, -0.1) is 0 Å². The molecular formula is C8H16O3. The van der Waals surface area contributed by atoms with E-state index in [1.807, 2.05) is 0 Å². The van der Waals surface area contributed by atoms with Crippen molar-refractivity contribution in [2.45, 2.75) is 25.7 Å². The predicted octanol–water partition coefficient (Wildman–Crippen LogP) is 1.03. The zero-order valence-corrected chi connectivity index (χ0v) is 7.37. The van der Waals surface area contributed by atoms with Crippen molar-refractivity contribution in [1.29, 1.82) is 0 Å². The molecule has 0 aromatic rings. The molecule has 1 rings (SSSR count).